The van der Waals surface area contributed by atoms with Gasteiger partial charge >= 0.3 is 0 Å². The Morgan fingerprint density at radius 3 is 2.76 bits per heavy atom. The van der Waals surface area contributed by atoms with Gasteiger partial charge in [-0.1, -0.05) is 39.0 Å². The van der Waals surface area contributed by atoms with Gasteiger partial charge in [0.15, 0.2) is 0 Å². The fourth-order valence-electron chi connectivity index (χ4n) is 3.03. The Morgan fingerprint density at radius 2 is 2.14 bits per heavy atom. The summed E-state index contributed by atoms with van der Waals surface area (Å²) in [5, 5.41) is 0. The van der Waals surface area contributed by atoms with Crippen molar-refractivity contribution in [2.24, 2.45) is 11.3 Å². The van der Waals surface area contributed by atoms with E-state index in [4.69, 9.17) is 15.3 Å². The number of nitrogens with one attached hydrogen (secondary N) is 1. The van der Waals surface area contributed by atoms with Crippen LogP contribution in [0.25, 0.3) is 0 Å². The molecule has 0 aliphatic carbocycles. The van der Waals surface area contributed by atoms with Crippen molar-refractivity contribution in [2.45, 2.75) is 52.7 Å². The molecule has 2 atom stereocenters. The van der Waals surface area contributed by atoms with Crippen LogP contribution in [0.4, 0.5) is 0 Å². The molecule has 0 fully saturated rings. The average Bonchev–Trinajstić information content (AvgIpc) is 2.46. The largest absolute Gasteiger partial charge is 0.493 e. The molecule has 4 heteroatoms. The average molecular weight is 292 g/mol. The molecule has 2 unspecified atom stereocenters. The van der Waals surface area contributed by atoms with E-state index in [0.717, 1.165) is 30.8 Å². The van der Waals surface area contributed by atoms with E-state index in [2.05, 4.69) is 44.4 Å². The first kappa shape index (κ1) is 16.3. The van der Waals surface area contributed by atoms with E-state index in [9.17, 15) is 0 Å². The first-order valence-electron chi connectivity index (χ1n) is 7.81. The van der Waals surface area contributed by atoms with Crippen molar-refractivity contribution in [1.29, 1.82) is 0 Å². The Hall–Kier alpha value is -1.10. The Labute approximate surface area is 128 Å². The molecule has 0 saturated carbocycles. The van der Waals surface area contributed by atoms with E-state index in [-0.39, 0.29) is 17.6 Å². The smallest absolute Gasteiger partial charge is 0.127 e. The molecule has 1 aromatic carbocycles. The minimum atomic E-state index is -0.0852. The fourth-order valence-corrected chi connectivity index (χ4v) is 3.03. The summed E-state index contributed by atoms with van der Waals surface area (Å²) >= 11 is 0. The summed E-state index contributed by atoms with van der Waals surface area (Å²) in [6.45, 7) is 9.98. The van der Waals surface area contributed by atoms with Gasteiger partial charge in [0.2, 0.25) is 0 Å². The van der Waals surface area contributed by atoms with Gasteiger partial charge < -0.3 is 9.47 Å². The Balaban J connectivity index is 2.40. The number of benzene rings is 1. The third-order valence-corrected chi connectivity index (χ3v) is 3.98. The van der Waals surface area contributed by atoms with Crippen LogP contribution in [0.3, 0.4) is 0 Å². The standard InChI is InChI=1S/C17H28N2O2/c1-5-20-16(17(2,3)4)14(19-18)13-10-6-8-12-9-7-11-21-15(12)13/h6,8,10,14,16,19H,5,7,9,11,18H2,1-4H3. The zero-order chi connectivity index (χ0) is 15.5. The van der Waals surface area contributed by atoms with Gasteiger partial charge in [0.1, 0.15) is 5.75 Å². The highest BCUT2D eigenvalue weighted by atomic mass is 16.5. The maximum absolute atomic E-state index is 6.01. The molecule has 0 spiro atoms. The molecule has 21 heavy (non-hydrogen) atoms. The molecule has 118 valence electrons. The van der Waals surface area contributed by atoms with Crippen molar-refractivity contribution in [3.63, 3.8) is 0 Å². The normalized spacial score (nSPS) is 17.8. The van der Waals surface area contributed by atoms with Gasteiger partial charge in [-0.25, -0.2) is 0 Å². The second kappa shape index (κ2) is 6.77. The van der Waals surface area contributed by atoms with Crippen molar-refractivity contribution in [3.05, 3.63) is 29.3 Å². The summed E-state index contributed by atoms with van der Waals surface area (Å²) in [5.74, 6) is 6.87. The summed E-state index contributed by atoms with van der Waals surface area (Å²) in [6, 6.07) is 6.22. The highest BCUT2D eigenvalue weighted by Crippen LogP contribution is 2.39. The molecule has 1 heterocycles. The van der Waals surface area contributed by atoms with Crippen LogP contribution in [0.15, 0.2) is 18.2 Å². The molecule has 3 N–H and O–H groups in total. The third kappa shape index (κ3) is 3.57. The molecule has 0 radical (unpaired) electrons. The molecule has 0 aromatic heterocycles. The van der Waals surface area contributed by atoms with E-state index in [1.165, 1.54) is 5.56 Å². The van der Waals surface area contributed by atoms with E-state index < -0.39 is 0 Å². The molecule has 1 aromatic rings. The maximum Gasteiger partial charge on any atom is 0.127 e. The number of nitrogens with two attached hydrogens (primary N) is 1. The van der Waals surface area contributed by atoms with Gasteiger partial charge in [-0.05, 0) is 30.7 Å². The quantitative estimate of drug-likeness (QED) is 0.647. The topological polar surface area (TPSA) is 56.5 Å². The van der Waals surface area contributed by atoms with Crippen molar-refractivity contribution in [3.8, 4) is 5.75 Å². The third-order valence-electron chi connectivity index (χ3n) is 3.98. The molecule has 1 aliphatic rings. The highest BCUT2D eigenvalue weighted by molar-refractivity contribution is 5.45. The van der Waals surface area contributed by atoms with E-state index in [0.29, 0.717) is 6.61 Å². The van der Waals surface area contributed by atoms with Gasteiger partial charge in [0, 0.05) is 12.2 Å². The number of hydrazine groups is 1. The molecule has 4 nitrogen and oxygen atoms in total. The van der Waals surface area contributed by atoms with Gasteiger partial charge in [-0.3, -0.25) is 11.3 Å². The van der Waals surface area contributed by atoms with Crippen LogP contribution in [-0.4, -0.2) is 19.3 Å². The van der Waals surface area contributed by atoms with E-state index >= 15 is 0 Å². The van der Waals surface area contributed by atoms with Crippen LogP contribution in [-0.2, 0) is 11.2 Å². The number of hydrogen-bond acceptors (Lipinski definition) is 4. The SMILES string of the molecule is CCOC(C(NN)c1cccc2c1OCCC2)C(C)(C)C. The lowest BCUT2D eigenvalue weighted by atomic mass is 9.81. The Kier molecular flexibility index (Phi) is 5.25. The lowest BCUT2D eigenvalue weighted by Gasteiger charge is -2.37. The fraction of sp³-hybridized carbons (Fsp3) is 0.647. The van der Waals surface area contributed by atoms with Gasteiger partial charge in [-0.15, -0.1) is 0 Å². The summed E-state index contributed by atoms with van der Waals surface area (Å²) in [7, 11) is 0. The Bertz CT molecular complexity index is 468. The summed E-state index contributed by atoms with van der Waals surface area (Å²) in [4.78, 5) is 0. The van der Waals surface area contributed by atoms with Crippen molar-refractivity contribution < 1.29 is 9.47 Å². The highest BCUT2D eigenvalue weighted by Gasteiger charge is 2.35. The number of aryl methyl sites for hydroxylation is 1. The number of fused-ring (bicyclic) bond motifs is 1. The zero-order valence-electron chi connectivity index (χ0n) is 13.6. The minimum absolute atomic E-state index is 0.0234. The van der Waals surface area contributed by atoms with Crippen molar-refractivity contribution in [2.75, 3.05) is 13.2 Å². The number of para-hydroxylation sites is 1. The monoisotopic (exact) mass is 292 g/mol. The summed E-state index contributed by atoms with van der Waals surface area (Å²) in [6.07, 6.45) is 2.12. The second-order valence-corrected chi connectivity index (χ2v) is 6.67. The maximum atomic E-state index is 6.01. The predicted molar refractivity (Wildman–Crippen MR) is 85.2 cm³/mol. The van der Waals surface area contributed by atoms with Gasteiger partial charge in [-0.2, -0.15) is 0 Å². The summed E-state index contributed by atoms with van der Waals surface area (Å²) < 4.78 is 11.9. The van der Waals surface area contributed by atoms with Crippen molar-refractivity contribution >= 4 is 0 Å². The van der Waals surface area contributed by atoms with E-state index in [1.807, 2.05) is 6.92 Å². The second-order valence-electron chi connectivity index (χ2n) is 6.67. The van der Waals surface area contributed by atoms with Crippen molar-refractivity contribution in [1.82, 2.24) is 5.43 Å². The Morgan fingerprint density at radius 1 is 1.38 bits per heavy atom. The molecular formula is C17H28N2O2. The zero-order valence-corrected chi connectivity index (χ0v) is 13.6. The summed E-state index contributed by atoms with van der Waals surface area (Å²) in [5.41, 5.74) is 5.30. The number of rotatable bonds is 5. The van der Waals surface area contributed by atoms with Gasteiger partial charge in [0.05, 0.1) is 18.8 Å². The molecular weight excluding hydrogens is 264 g/mol. The number of hydrogen-bond donors (Lipinski definition) is 2. The first-order chi connectivity index (χ1) is 9.99. The van der Waals surface area contributed by atoms with Crippen LogP contribution in [0.5, 0.6) is 5.75 Å². The predicted octanol–water partition coefficient (Wildman–Crippen LogP) is 2.97. The molecule has 0 saturated heterocycles. The van der Waals surface area contributed by atoms with Crippen LogP contribution >= 0.6 is 0 Å². The van der Waals surface area contributed by atoms with Crippen LogP contribution in [0.2, 0.25) is 0 Å². The molecule has 0 amide bonds. The lowest BCUT2D eigenvalue weighted by Crippen LogP contribution is -2.45. The first-order valence-corrected chi connectivity index (χ1v) is 7.81. The number of ether oxygens (including phenoxy) is 2. The molecule has 1 aliphatic heterocycles. The van der Waals surface area contributed by atoms with Gasteiger partial charge in [0.25, 0.3) is 0 Å². The van der Waals surface area contributed by atoms with Crippen LogP contribution in [0, 0.1) is 5.41 Å². The minimum Gasteiger partial charge on any atom is -0.493 e. The molecule has 0 bridgehead atoms. The van der Waals surface area contributed by atoms with Crippen LogP contribution in [0.1, 0.15) is 51.3 Å². The lowest BCUT2D eigenvalue weighted by molar-refractivity contribution is -0.0372. The molecule has 2 rings (SSSR count). The van der Waals surface area contributed by atoms with E-state index in [1.54, 1.807) is 0 Å². The van der Waals surface area contributed by atoms with Crippen LogP contribution < -0.4 is 16.0 Å².